The number of aryl methyl sites for hydroxylation is 6. The highest BCUT2D eigenvalue weighted by molar-refractivity contribution is 7.33. The minimum atomic E-state index is 1.19. The Morgan fingerprint density at radius 1 is 0.441 bits per heavy atom. The standard InChI is InChI=1S/C28H18S6/c1-11-7-21-23(29-11)15-5-3-13-17-9-20-18(10-19(17)31-25(13)27(15)33-21)14-4-6-16-24-22(8-12(2)30-24)34-28(16)26(14)32-20/h7-10H,3-6H2,1-2H3. The van der Waals surface area contributed by atoms with Gasteiger partial charge in [-0.15, -0.1) is 68.0 Å². The topological polar surface area (TPSA) is 0 Å². The molecule has 34 heavy (non-hydrogen) atoms. The predicted octanol–water partition coefficient (Wildman–Crippen LogP) is 10.8. The Bertz CT molecular complexity index is 1840. The van der Waals surface area contributed by atoms with Crippen molar-refractivity contribution in [1.82, 2.24) is 0 Å². The summed E-state index contributed by atoms with van der Waals surface area (Å²) in [4.78, 5) is 9.13. The summed E-state index contributed by atoms with van der Waals surface area (Å²) in [6.45, 7) is 4.49. The van der Waals surface area contributed by atoms with Crippen molar-refractivity contribution in [2.75, 3.05) is 0 Å². The van der Waals surface area contributed by atoms with Gasteiger partial charge in [0.25, 0.3) is 0 Å². The van der Waals surface area contributed by atoms with E-state index in [1.165, 1.54) is 65.0 Å². The van der Waals surface area contributed by atoms with Gasteiger partial charge in [-0.25, -0.2) is 0 Å². The van der Waals surface area contributed by atoms with Gasteiger partial charge in [-0.1, -0.05) is 0 Å². The van der Waals surface area contributed by atoms with Crippen molar-refractivity contribution < 1.29 is 0 Å². The lowest BCUT2D eigenvalue weighted by Crippen LogP contribution is -1.98. The van der Waals surface area contributed by atoms with Gasteiger partial charge in [-0.3, -0.25) is 0 Å². The van der Waals surface area contributed by atoms with Crippen molar-refractivity contribution in [2.45, 2.75) is 39.5 Å². The van der Waals surface area contributed by atoms with E-state index in [0.29, 0.717) is 0 Å². The number of hydrogen-bond acceptors (Lipinski definition) is 6. The highest BCUT2D eigenvalue weighted by atomic mass is 32.1. The second kappa shape index (κ2) is 6.61. The van der Waals surface area contributed by atoms with E-state index >= 15 is 0 Å². The second-order valence-corrected chi connectivity index (χ2v) is 16.3. The Labute approximate surface area is 220 Å². The summed E-state index contributed by atoms with van der Waals surface area (Å²) >= 11 is 12.1. The summed E-state index contributed by atoms with van der Waals surface area (Å²) in [5.41, 5.74) is 6.46. The van der Waals surface area contributed by atoms with Crippen LogP contribution in [0.3, 0.4) is 0 Å². The molecule has 9 rings (SSSR count). The van der Waals surface area contributed by atoms with Crippen molar-refractivity contribution in [3.05, 3.63) is 56.3 Å². The third-order valence-corrected chi connectivity index (χ3v) is 15.1. The smallest absolute Gasteiger partial charge is 0.0498 e. The summed E-state index contributed by atoms with van der Waals surface area (Å²) in [6, 6.07) is 9.88. The summed E-state index contributed by atoms with van der Waals surface area (Å²) in [6.07, 6.45) is 4.77. The summed E-state index contributed by atoms with van der Waals surface area (Å²) < 4.78 is 9.08. The lowest BCUT2D eigenvalue weighted by atomic mass is 9.93. The molecule has 0 spiro atoms. The summed E-state index contributed by atoms with van der Waals surface area (Å²) in [5.74, 6) is 0. The number of benzene rings is 1. The first kappa shape index (κ1) is 19.6. The van der Waals surface area contributed by atoms with E-state index in [0.717, 1.165) is 0 Å². The van der Waals surface area contributed by atoms with Crippen LogP contribution >= 0.6 is 68.0 Å². The van der Waals surface area contributed by atoms with Gasteiger partial charge < -0.3 is 0 Å². The molecule has 2 aliphatic carbocycles. The first-order valence-corrected chi connectivity index (χ1v) is 16.6. The largest absolute Gasteiger partial charge is 0.139 e. The molecule has 0 aliphatic heterocycles. The van der Waals surface area contributed by atoms with Gasteiger partial charge in [0.2, 0.25) is 0 Å². The van der Waals surface area contributed by atoms with Crippen molar-refractivity contribution in [1.29, 1.82) is 0 Å². The zero-order chi connectivity index (χ0) is 22.3. The Morgan fingerprint density at radius 2 is 0.824 bits per heavy atom. The second-order valence-electron chi connectivity index (χ2n) is 9.58. The molecule has 6 heteroatoms. The van der Waals surface area contributed by atoms with Gasteiger partial charge in [0, 0.05) is 57.5 Å². The molecule has 0 N–H and O–H groups in total. The summed E-state index contributed by atoms with van der Waals surface area (Å²) in [5, 5.41) is 3.04. The van der Waals surface area contributed by atoms with Crippen LogP contribution in [0, 0.1) is 13.8 Å². The molecule has 0 amide bonds. The fourth-order valence-electron chi connectivity index (χ4n) is 6.08. The zero-order valence-corrected chi connectivity index (χ0v) is 23.5. The van der Waals surface area contributed by atoms with E-state index in [9.17, 15) is 0 Å². The van der Waals surface area contributed by atoms with Crippen LogP contribution < -0.4 is 0 Å². The molecule has 1 aromatic carbocycles. The molecule has 6 aromatic heterocycles. The molecular formula is C28H18S6. The maximum Gasteiger partial charge on any atom is 0.0498 e. The molecule has 0 fully saturated rings. The minimum Gasteiger partial charge on any atom is -0.139 e. The highest BCUT2D eigenvalue weighted by Crippen LogP contribution is 2.55. The Balaban J connectivity index is 1.27. The molecule has 0 saturated heterocycles. The first-order chi connectivity index (χ1) is 16.6. The van der Waals surface area contributed by atoms with Crippen molar-refractivity contribution in [3.8, 4) is 19.5 Å². The molecule has 7 aromatic rings. The third-order valence-electron chi connectivity index (χ3n) is 7.53. The van der Waals surface area contributed by atoms with Gasteiger partial charge in [-0.2, -0.15) is 0 Å². The third kappa shape index (κ3) is 2.42. The Morgan fingerprint density at radius 3 is 1.29 bits per heavy atom. The lowest BCUT2D eigenvalue weighted by Gasteiger charge is -2.12. The minimum absolute atomic E-state index is 1.19. The van der Waals surface area contributed by atoms with Crippen molar-refractivity contribution >= 4 is 107 Å². The summed E-state index contributed by atoms with van der Waals surface area (Å²) in [7, 11) is 0. The van der Waals surface area contributed by atoms with Crippen LogP contribution in [0.2, 0.25) is 0 Å². The highest BCUT2D eigenvalue weighted by Gasteiger charge is 2.29. The Kier molecular flexibility index (Phi) is 3.81. The van der Waals surface area contributed by atoms with Crippen LogP contribution in [0.5, 0.6) is 0 Å². The normalized spacial score (nSPS) is 14.9. The molecular weight excluding hydrogens is 529 g/mol. The van der Waals surface area contributed by atoms with Gasteiger partial charge in [-0.05, 0) is 96.8 Å². The van der Waals surface area contributed by atoms with Crippen LogP contribution in [-0.2, 0) is 25.7 Å². The fraction of sp³-hybridized carbons (Fsp3) is 0.214. The molecule has 166 valence electrons. The lowest BCUT2D eigenvalue weighted by molar-refractivity contribution is 0.974. The SMILES string of the molecule is Cc1cc2sc3c(c2s1)CCc1c-3sc2cc3c4c(sc3cc12)-c1sc2cc(C)sc2c1CC4. The molecule has 0 bridgehead atoms. The van der Waals surface area contributed by atoms with E-state index in [2.05, 4.69) is 60.8 Å². The Hall–Kier alpha value is -1.54. The average Bonchev–Trinajstić information content (AvgIpc) is 3.61. The molecule has 0 radical (unpaired) electrons. The fourth-order valence-corrected chi connectivity index (χ4v) is 14.2. The quantitative estimate of drug-likeness (QED) is 0.177. The average molecular weight is 547 g/mol. The molecule has 0 saturated carbocycles. The van der Waals surface area contributed by atoms with Crippen LogP contribution in [0.1, 0.15) is 32.0 Å². The monoisotopic (exact) mass is 546 g/mol. The van der Waals surface area contributed by atoms with E-state index in [4.69, 9.17) is 0 Å². The van der Waals surface area contributed by atoms with Crippen LogP contribution in [-0.4, -0.2) is 0 Å². The number of rotatable bonds is 0. The first-order valence-electron chi connectivity index (χ1n) is 11.7. The zero-order valence-electron chi connectivity index (χ0n) is 18.6. The van der Waals surface area contributed by atoms with Crippen molar-refractivity contribution in [2.24, 2.45) is 0 Å². The number of hydrogen-bond donors (Lipinski definition) is 0. The molecule has 0 nitrogen and oxygen atoms in total. The molecule has 6 heterocycles. The predicted molar refractivity (Wildman–Crippen MR) is 159 cm³/mol. The maximum atomic E-state index is 2.55. The van der Waals surface area contributed by atoms with Gasteiger partial charge in [0.15, 0.2) is 0 Å². The van der Waals surface area contributed by atoms with E-state index in [1.54, 1.807) is 51.2 Å². The molecule has 0 unspecified atom stereocenters. The van der Waals surface area contributed by atoms with Gasteiger partial charge in [0.1, 0.15) is 0 Å². The van der Waals surface area contributed by atoms with Crippen molar-refractivity contribution in [3.63, 3.8) is 0 Å². The van der Waals surface area contributed by atoms with Gasteiger partial charge >= 0.3 is 0 Å². The number of thiophene rings is 6. The van der Waals surface area contributed by atoms with E-state index in [1.807, 2.05) is 45.3 Å². The van der Waals surface area contributed by atoms with E-state index in [-0.39, 0.29) is 0 Å². The number of fused-ring (bicyclic) bond motifs is 14. The maximum absolute atomic E-state index is 2.55. The van der Waals surface area contributed by atoms with Crippen LogP contribution in [0.15, 0.2) is 24.3 Å². The van der Waals surface area contributed by atoms with E-state index < -0.39 is 0 Å². The molecule has 0 atom stereocenters. The van der Waals surface area contributed by atoms with Crippen LogP contribution in [0.4, 0.5) is 0 Å². The molecule has 2 aliphatic rings. The van der Waals surface area contributed by atoms with Crippen LogP contribution in [0.25, 0.3) is 58.5 Å². The van der Waals surface area contributed by atoms with Gasteiger partial charge in [0.05, 0.1) is 0 Å².